The second-order valence-electron chi connectivity index (χ2n) is 7.56. The third kappa shape index (κ3) is 5.42. The Kier molecular flexibility index (Phi) is 6.97. The van der Waals surface area contributed by atoms with Gasteiger partial charge in [0.2, 0.25) is 21.8 Å². The lowest BCUT2D eigenvalue weighted by Gasteiger charge is -2.17. The molecule has 2 aromatic rings. The van der Waals surface area contributed by atoms with E-state index < -0.39 is 15.9 Å². The Labute approximate surface area is 182 Å². The highest BCUT2D eigenvalue weighted by Gasteiger charge is 2.35. The van der Waals surface area contributed by atoms with Crippen molar-refractivity contribution in [3.8, 4) is 5.75 Å². The van der Waals surface area contributed by atoms with Gasteiger partial charge >= 0.3 is 0 Å². The summed E-state index contributed by atoms with van der Waals surface area (Å²) in [5, 5.41) is 2.72. The fourth-order valence-electron chi connectivity index (χ4n) is 3.48. The summed E-state index contributed by atoms with van der Waals surface area (Å²) in [6.45, 7) is 4.05. The summed E-state index contributed by atoms with van der Waals surface area (Å²) in [5.74, 6) is -0.186. The molecule has 1 heterocycles. The highest BCUT2D eigenvalue weighted by Crippen LogP contribution is 2.26. The molecule has 0 spiro atoms. The van der Waals surface area contributed by atoms with Crippen LogP contribution in [-0.2, 0) is 19.6 Å². The number of carbonyl (C=O) groups excluding carboxylic acids is 2. The molecule has 0 radical (unpaired) electrons. The Hall–Kier alpha value is -2.91. The molecule has 1 fully saturated rings. The second-order valence-corrected chi connectivity index (χ2v) is 9.30. The third-order valence-corrected chi connectivity index (χ3v) is 6.83. The maximum absolute atomic E-state index is 12.5. The number of nitrogens with one attached hydrogen (secondary N) is 2. The number of benzene rings is 2. The van der Waals surface area contributed by atoms with Crippen molar-refractivity contribution in [1.29, 1.82) is 0 Å². The Morgan fingerprint density at radius 3 is 2.52 bits per heavy atom. The Balaban J connectivity index is 1.51. The van der Waals surface area contributed by atoms with Crippen LogP contribution in [0.3, 0.4) is 0 Å². The first-order chi connectivity index (χ1) is 14.7. The van der Waals surface area contributed by atoms with Crippen molar-refractivity contribution >= 4 is 27.5 Å². The Morgan fingerprint density at radius 2 is 1.84 bits per heavy atom. The van der Waals surface area contributed by atoms with Crippen LogP contribution < -0.4 is 19.7 Å². The number of carbonyl (C=O) groups is 2. The number of sulfonamides is 1. The van der Waals surface area contributed by atoms with Crippen LogP contribution in [0.2, 0.25) is 0 Å². The van der Waals surface area contributed by atoms with Crippen molar-refractivity contribution in [1.82, 2.24) is 10.0 Å². The molecular weight excluding hydrogens is 418 g/mol. The Bertz CT molecular complexity index is 1070. The maximum Gasteiger partial charge on any atom is 0.240 e. The van der Waals surface area contributed by atoms with Gasteiger partial charge in [-0.2, -0.15) is 0 Å². The highest BCUT2D eigenvalue weighted by molar-refractivity contribution is 7.89. The third-order valence-electron chi connectivity index (χ3n) is 5.23. The summed E-state index contributed by atoms with van der Waals surface area (Å²) in [5.41, 5.74) is 2.22. The van der Waals surface area contributed by atoms with Crippen molar-refractivity contribution < 1.29 is 22.7 Å². The van der Waals surface area contributed by atoms with Crippen molar-refractivity contribution in [2.45, 2.75) is 25.2 Å². The predicted octanol–water partition coefficient (Wildman–Crippen LogP) is 1.76. The monoisotopic (exact) mass is 445 g/mol. The van der Waals surface area contributed by atoms with Gasteiger partial charge in [-0.25, -0.2) is 13.1 Å². The fourth-order valence-corrected chi connectivity index (χ4v) is 4.84. The quantitative estimate of drug-likeness (QED) is 0.603. The Morgan fingerprint density at radius 1 is 1.13 bits per heavy atom. The van der Waals surface area contributed by atoms with Crippen molar-refractivity contribution in [2.75, 3.05) is 31.6 Å². The first kappa shape index (κ1) is 22.8. The first-order valence-corrected chi connectivity index (χ1v) is 11.5. The molecule has 31 heavy (non-hydrogen) atoms. The van der Waals surface area contributed by atoms with E-state index in [9.17, 15) is 18.0 Å². The fraction of sp³-hybridized carbons (Fsp3) is 0.364. The van der Waals surface area contributed by atoms with Gasteiger partial charge in [0.25, 0.3) is 0 Å². The van der Waals surface area contributed by atoms with Gasteiger partial charge in [-0.15, -0.1) is 0 Å². The number of hydrogen-bond donors (Lipinski definition) is 2. The van der Waals surface area contributed by atoms with Crippen molar-refractivity contribution in [3.63, 3.8) is 0 Å². The summed E-state index contributed by atoms with van der Waals surface area (Å²) in [6, 6.07) is 12.3. The largest absolute Gasteiger partial charge is 0.497 e. The van der Waals surface area contributed by atoms with Gasteiger partial charge < -0.3 is 15.0 Å². The van der Waals surface area contributed by atoms with E-state index in [2.05, 4.69) is 10.0 Å². The number of aryl methyl sites for hydroxylation is 2. The molecule has 8 nitrogen and oxygen atoms in total. The van der Waals surface area contributed by atoms with Crippen LogP contribution in [0.25, 0.3) is 0 Å². The lowest BCUT2D eigenvalue weighted by Crippen LogP contribution is -2.38. The number of rotatable bonds is 8. The van der Waals surface area contributed by atoms with E-state index in [1.54, 1.807) is 55.3 Å². The van der Waals surface area contributed by atoms with Gasteiger partial charge in [-0.05, 0) is 55.3 Å². The minimum atomic E-state index is -3.66. The lowest BCUT2D eigenvalue weighted by molar-refractivity contribution is -0.126. The zero-order valence-electron chi connectivity index (χ0n) is 17.8. The van der Waals surface area contributed by atoms with Crippen LogP contribution in [0, 0.1) is 19.8 Å². The van der Waals surface area contributed by atoms with Gasteiger partial charge in [-0.1, -0.05) is 12.1 Å². The van der Waals surface area contributed by atoms with Crippen LogP contribution in [0.4, 0.5) is 5.69 Å². The van der Waals surface area contributed by atoms with Gasteiger partial charge in [0.15, 0.2) is 0 Å². The van der Waals surface area contributed by atoms with Crippen molar-refractivity contribution in [2.24, 2.45) is 5.92 Å². The predicted molar refractivity (Wildman–Crippen MR) is 118 cm³/mol. The zero-order chi connectivity index (χ0) is 22.6. The van der Waals surface area contributed by atoms with E-state index in [1.807, 2.05) is 13.0 Å². The van der Waals surface area contributed by atoms with Crippen LogP contribution in [0.15, 0.2) is 47.4 Å². The van der Waals surface area contributed by atoms with E-state index in [-0.39, 0.29) is 42.8 Å². The van der Waals surface area contributed by atoms with Crippen LogP contribution >= 0.6 is 0 Å². The molecule has 1 aliphatic rings. The van der Waals surface area contributed by atoms with E-state index >= 15 is 0 Å². The summed E-state index contributed by atoms with van der Waals surface area (Å²) < 4.78 is 32.7. The maximum atomic E-state index is 12.5. The molecule has 2 amide bonds. The molecule has 2 aromatic carbocycles. The minimum Gasteiger partial charge on any atom is -0.497 e. The number of methoxy groups -OCH3 is 1. The summed E-state index contributed by atoms with van der Waals surface area (Å²) in [7, 11) is -2.10. The number of hydrogen-bond acceptors (Lipinski definition) is 5. The summed E-state index contributed by atoms with van der Waals surface area (Å²) in [6.07, 6.45) is 0.117. The molecule has 0 aliphatic carbocycles. The highest BCUT2D eigenvalue weighted by atomic mass is 32.2. The molecule has 1 unspecified atom stereocenters. The van der Waals surface area contributed by atoms with Crippen LogP contribution in [0.5, 0.6) is 5.75 Å². The summed E-state index contributed by atoms with van der Waals surface area (Å²) >= 11 is 0. The molecule has 1 aliphatic heterocycles. The molecule has 166 valence electrons. The number of nitrogens with zero attached hydrogens (tertiary/aromatic N) is 1. The van der Waals surface area contributed by atoms with E-state index in [1.165, 1.54) is 0 Å². The zero-order valence-corrected chi connectivity index (χ0v) is 18.7. The standard InChI is InChI=1S/C22H27N3O5S/c1-15-4-5-16(2)20(12-15)31(28,29)24-11-10-23-22(27)17-13-21(26)25(14-17)18-6-8-19(30-3)9-7-18/h4-9,12,17,24H,10-11,13-14H2,1-3H3,(H,23,27). The number of amides is 2. The number of anilines is 1. The average Bonchev–Trinajstić information content (AvgIpc) is 3.14. The van der Waals surface area contributed by atoms with E-state index in [4.69, 9.17) is 4.74 Å². The van der Waals surface area contributed by atoms with E-state index in [0.29, 0.717) is 17.0 Å². The molecule has 0 aromatic heterocycles. The number of ether oxygens (including phenoxy) is 1. The molecule has 0 saturated carbocycles. The van der Waals surface area contributed by atoms with Gasteiger partial charge in [0.1, 0.15) is 5.75 Å². The molecule has 9 heteroatoms. The van der Waals surface area contributed by atoms with Gasteiger partial charge in [-0.3, -0.25) is 9.59 Å². The lowest BCUT2D eigenvalue weighted by atomic mass is 10.1. The molecule has 1 atom stereocenters. The molecule has 1 saturated heterocycles. The SMILES string of the molecule is COc1ccc(N2CC(C(=O)NCCNS(=O)(=O)c3cc(C)ccc3C)CC2=O)cc1. The van der Waals surface area contributed by atoms with Crippen LogP contribution in [0.1, 0.15) is 17.5 Å². The molecular formula is C22H27N3O5S. The summed E-state index contributed by atoms with van der Waals surface area (Å²) in [4.78, 5) is 26.6. The molecule has 0 bridgehead atoms. The molecule has 2 N–H and O–H groups in total. The van der Waals surface area contributed by atoms with Crippen molar-refractivity contribution in [3.05, 3.63) is 53.6 Å². The van der Waals surface area contributed by atoms with Gasteiger partial charge in [0.05, 0.1) is 17.9 Å². The first-order valence-electron chi connectivity index (χ1n) is 10.0. The minimum absolute atomic E-state index is 0.0598. The average molecular weight is 446 g/mol. The van der Waals surface area contributed by atoms with E-state index in [0.717, 1.165) is 5.56 Å². The molecule has 3 rings (SSSR count). The second kappa shape index (κ2) is 9.49. The normalized spacial score (nSPS) is 16.4. The van der Waals surface area contributed by atoms with Gasteiger partial charge in [0, 0.05) is 31.7 Å². The topological polar surface area (TPSA) is 105 Å². The smallest absolute Gasteiger partial charge is 0.240 e. The van der Waals surface area contributed by atoms with Crippen LogP contribution in [-0.4, -0.2) is 47.0 Å².